The van der Waals surface area contributed by atoms with Gasteiger partial charge in [0, 0.05) is 72.5 Å². The standard InChI is InChI=1S/3C16H27N5O2/c3*1-9-5-6-10(7-12(9)22)19-14-11(13(17)23)8-18-15(20-14)21-16(2,3)4/h3*8-10,12,22H,5-7H2,1-4H3,(H2,17,23)(H2,18,19,20,21)/i5D,6D2,7D2,10D,12D;5D,6D2,7D2,10D;6D2,7D2,10D. The Morgan fingerprint density at radius 2 is 0.870 bits per heavy atom. The normalized spacial score (nSPS) is 39.6. The lowest BCUT2D eigenvalue weighted by Gasteiger charge is -2.32. The molecular weight excluding hydrogens is 883 g/mol. The van der Waals surface area contributed by atoms with E-state index in [1.807, 2.05) is 62.3 Å². The van der Waals surface area contributed by atoms with E-state index in [-0.39, 0.29) is 52.6 Å². The number of nitrogens with two attached hydrogens (primary N) is 3. The summed E-state index contributed by atoms with van der Waals surface area (Å²) in [7, 11) is 0. The van der Waals surface area contributed by atoms with Gasteiger partial charge in [-0.3, -0.25) is 14.4 Å². The number of carbonyl (C=O) groups excluding carboxylic acids is 3. The molecule has 0 radical (unpaired) electrons. The highest BCUT2D eigenvalue weighted by atomic mass is 16.3. The molecule has 69 heavy (non-hydrogen) atoms. The molecule has 3 aromatic rings. The molecule has 0 aliphatic heterocycles. The van der Waals surface area contributed by atoms with Crippen molar-refractivity contribution in [3.8, 4) is 0 Å². The Balaban J connectivity index is 0.000000279. The van der Waals surface area contributed by atoms with E-state index in [4.69, 9.17) is 41.9 Å². The number of aromatic nitrogens is 6. The maximum absolute atomic E-state index is 11.8. The Morgan fingerprint density at radius 3 is 1.22 bits per heavy atom. The van der Waals surface area contributed by atoms with Crippen molar-refractivity contribution in [1.82, 2.24) is 29.9 Å². The molecule has 384 valence electrons. The summed E-state index contributed by atoms with van der Waals surface area (Å²) in [6.45, 7) is 20.5. The largest absolute Gasteiger partial charge is 0.393 e. The molecule has 0 spiro atoms. The van der Waals surface area contributed by atoms with Gasteiger partial charge in [-0.2, -0.15) is 15.0 Å². The summed E-state index contributed by atoms with van der Waals surface area (Å²) < 4.78 is 149. The minimum Gasteiger partial charge on any atom is -0.393 e. The number of amides is 3. The number of primary amides is 3. The van der Waals surface area contributed by atoms with Gasteiger partial charge in [-0.15, -0.1) is 0 Å². The number of hydrogen-bond donors (Lipinski definition) is 12. The molecule has 3 aliphatic carbocycles. The number of carbonyl (C=O) groups is 3. The van der Waals surface area contributed by atoms with Crippen LogP contribution < -0.4 is 49.1 Å². The van der Waals surface area contributed by atoms with Crippen LogP contribution in [0.3, 0.4) is 0 Å². The molecule has 3 aromatic heterocycles. The fourth-order valence-electron chi connectivity index (χ4n) is 5.64. The van der Waals surface area contributed by atoms with Crippen LogP contribution in [-0.4, -0.2) is 116 Å². The molecular formula is C48H81N15O6. The van der Waals surface area contributed by atoms with Crippen LogP contribution in [0.15, 0.2) is 18.6 Å². The van der Waals surface area contributed by atoms with Crippen LogP contribution >= 0.6 is 0 Å². The zero-order valence-corrected chi connectivity index (χ0v) is 41.0. The van der Waals surface area contributed by atoms with Crippen molar-refractivity contribution in [2.45, 2.75) is 193 Å². The summed E-state index contributed by atoms with van der Waals surface area (Å²) in [4.78, 5) is 59.6. The lowest BCUT2D eigenvalue weighted by atomic mass is 9.85. The lowest BCUT2D eigenvalue weighted by molar-refractivity contribution is 0.0737. The number of hydrogen-bond acceptors (Lipinski definition) is 18. The average Bonchev–Trinajstić information content (AvgIpc) is 0.738. The quantitative estimate of drug-likeness (QED) is 0.110. The monoisotopic (exact) mass is 982 g/mol. The SMILES string of the molecule is [2H]C1([2H])CC(C)C(O)C([2H])([2H])C1([2H])Nc1nc(NC(C)(C)C)ncc1C(N)=O.[2H]C1C(C)C(O)C([2H])([2H])C([2H])(Nc2nc(NC(C)(C)C)ncc2C(N)=O)C1([2H])[2H].[2H]C1C(C)C([2H])(O)C([2H])([2H])C([2H])(Nc2nc(NC(C)(C)C)ncc2C(N)=O)C1([2H])[2H]. The van der Waals surface area contributed by atoms with E-state index >= 15 is 0 Å². The number of nitrogens with zero attached hydrogens (tertiary/aromatic N) is 6. The Hall–Kier alpha value is -5.67. The molecule has 3 heterocycles. The number of aliphatic hydroxyl groups is 3. The van der Waals surface area contributed by atoms with Crippen LogP contribution in [0.5, 0.6) is 0 Å². The highest BCUT2D eigenvalue weighted by Crippen LogP contribution is 2.30. The third kappa shape index (κ3) is 18.3. The first-order chi connectivity index (χ1) is 38.8. The summed E-state index contributed by atoms with van der Waals surface area (Å²) in [5, 5.41) is 47.0. The van der Waals surface area contributed by atoms with Crippen molar-refractivity contribution < 1.29 is 54.4 Å². The fraction of sp³-hybridized carbons (Fsp3) is 0.688. The maximum atomic E-state index is 11.8. The molecule has 11 unspecified atom stereocenters. The molecule has 0 saturated heterocycles. The molecule has 3 aliphatic rings. The second kappa shape index (κ2) is 23.8. The zero-order valence-electron chi connectivity index (χ0n) is 59.0. The van der Waals surface area contributed by atoms with Gasteiger partial charge in [-0.05, 0) is 138 Å². The highest BCUT2D eigenvalue weighted by molar-refractivity contribution is 5.98. The van der Waals surface area contributed by atoms with Gasteiger partial charge in [0.25, 0.3) is 17.7 Å². The first-order valence-corrected chi connectivity index (χ1v) is 21.9. The summed E-state index contributed by atoms with van der Waals surface area (Å²) in [5.41, 5.74) is 13.8. The third-order valence-corrected chi connectivity index (χ3v) is 9.23. The van der Waals surface area contributed by atoms with E-state index in [0.717, 1.165) is 18.6 Å². The summed E-state index contributed by atoms with van der Waals surface area (Å²) >= 11 is 0. The van der Waals surface area contributed by atoms with E-state index in [9.17, 15) is 29.7 Å². The maximum Gasteiger partial charge on any atom is 0.254 e. The Morgan fingerprint density at radius 1 is 0.551 bits per heavy atom. The summed E-state index contributed by atoms with van der Waals surface area (Å²) in [6.07, 6.45) is -23.6. The van der Waals surface area contributed by atoms with Gasteiger partial charge >= 0.3 is 0 Å². The molecule has 0 aromatic carbocycles. The Kier molecular flexibility index (Phi) is 11.9. The minimum atomic E-state index is -3.22. The van der Waals surface area contributed by atoms with Crippen LogP contribution in [-0.2, 0) is 0 Å². The van der Waals surface area contributed by atoms with Crippen molar-refractivity contribution >= 4 is 53.0 Å². The number of nitrogens with one attached hydrogen (secondary N) is 6. The van der Waals surface area contributed by atoms with Crippen molar-refractivity contribution in [3.05, 3.63) is 35.3 Å². The zero-order chi connectivity index (χ0) is 67.8. The fourth-order valence-corrected chi connectivity index (χ4v) is 5.64. The first kappa shape index (κ1) is 34.6. The molecule has 0 bridgehead atoms. The second-order valence-electron chi connectivity index (χ2n) is 19.4. The van der Waals surface area contributed by atoms with Crippen LogP contribution in [0.1, 0.15) is 196 Å². The third-order valence-electron chi connectivity index (χ3n) is 9.23. The lowest BCUT2D eigenvalue weighted by Crippen LogP contribution is -2.36. The molecule has 3 amide bonds. The van der Waals surface area contributed by atoms with Crippen molar-refractivity contribution in [3.63, 3.8) is 0 Å². The van der Waals surface area contributed by atoms with Crippen molar-refractivity contribution in [2.24, 2.45) is 35.0 Å². The number of aliphatic hydroxyl groups excluding tert-OH is 2. The van der Waals surface area contributed by atoms with E-state index in [2.05, 4.69) is 61.8 Å². The van der Waals surface area contributed by atoms with Gasteiger partial charge in [-0.1, -0.05) is 20.8 Å². The predicted octanol–water partition coefficient (Wildman–Crippen LogP) is 5.24. The number of anilines is 6. The van der Waals surface area contributed by atoms with E-state index in [1.165, 1.54) is 20.8 Å². The van der Waals surface area contributed by atoms with Gasteiger partial charge in [0.05, 0.1) is 40.5 Å². The van der Waals surface area contributed by atoms with E-state index < -0.39 is 145 Å². The van der Waals surface area contributed by atoms with Crippen LogP contribution in [0, 0.1) is 17.8 Å². The van der Waals surface area contributed by atoms with Gasteiger partial charge in [0.2, 0.25) is 17.8 Å². The topological polar surface area (TPSA) is 339 Å². The molecule has 21 nitrogen and oxygen atoms in total. The highest BCUT2D eigenvalue weighted by Gasteiger charge is 2.30. The summed E-state index contributed by atoms with van der Waals surface area (Å²) in [5.74, 6) is -7.10. The molecule has 21 heteroatoms. The first-order valence-electron chi connectivity index (χ1n) is 31.0. The molecule has 11 atom stereocenters. The van der Waals surface area contributed by atoms with Crippen molar-refractivity contribution in [1.29, 1.82) is 0 Å². The predicted molar refractivity (Wildman–Crippen MR) is 271 cm³/mol. The van der Waals surface area contributed by atoms with Crippen molar-refractivity contribution in [2.75, 3.05) is 31.9 Å². The summed E-state index contributed by atoms with van der Waals surface area (Å²) in [6, 6.07) is -8.56. The number of rotatable bonds is 12. The smallest absolute Gasteiger partial charge is 0.254 e. The van der Waals surface area contributed by atoms with Gasteiger partial charge in [0.15, 0.2) is 0 Å². The second-order valence-corrected chi connectivity index (χ2v) is 19.4. The van der Waals surface area contributed by atoms with E-state index in [1.54, 1.807) is 0 Å². The van der Waals surface area contributed by atoms with Gasteiger partial charge < -0.3 is 64.4 Å². The van der Waals surface area contributed by atoms with E-state index in [0.29, 0.717) is 0 Å². The molecule has 6 rings (SSSR count). The van der Waals surface area contributed by atoms with Gasteiger partial charge in [0.1, 0.15) is 17.5 Å². The molecule has 3 saturated carbocycles. The minimum absolute atomic E-state index is 0.00698. The Bertz CT molecular complexity index is 3020. The average molecular weight is 982 g/mol. The van der Waals surface area contributed by atoms with Crippen LogP contribution in [0.25, 0.3) is 0 Å². The molecule has 3 fully saturated rings. The van der Waals surface area contributed by atoms with Crippen LogP contribution in [0.4, 0.5) is 35.3 Å². The van der Waals surface area contributed by atoms with Gasteiger partial charge in [-0.25, -0.2) is 15.0 Å². The molecule has 15 N–H and O–H groups in total. The Labute approximate surface area is 432 Å². The van der Waals surface area contributed by atoms with Crippen LogP contribution in [0.2, 0.25) is 0 Å².